The number of hydrogen-bond donors (Lipinski definition) is 1. The zero-order valence-electron chi connectivity index (χ0n) is 9.66. The maximum atomic E-state index is 6.35. The Bertz CT molecular complexity index is 538. The van der Waals surface area contributed by atoms with Gasteiger partial charge in [0.2, 0.25) is 0 Å². The molecule has 3 rings (SSSR count). The minimum atomic E-state index is -0.0437. The highest BCUT2D eigenvalue weighted by Crippen LogP contribution is 2.39. The van der Waals surface area contributed by atoms with E-state index in [1.54, 1.807) is 0 Å². The van der Waals surface area contributed by atoms with Crippen LogP contribution in [0.15, 0.2) is 36.4 Å². The fourth-order valence-electron chi connectivity index (χ4n) is 2.60. The Balaban J connectivity index is 2.16. The summed E-state index contributed by atoms with van der Waals surface area (Å²) < 4.78 is 0. The fourth-order valence-corrected chi connectivity index (χ4v) is 2.60. The lowest BCUT2D eigenvalue weighted by atomic mass is 9.72. The smallest absolute Gasteiger partial charge is 0.0409 e. The van der Waals surface area contributed by atoms with Crippen LogP contribution in [0.5, 0.6) is 0 Å². The van der Waals surface area contributed by atoms with E-state index in [2.05, 4.69) is 43.3 Å². The van der Waals surface area contributed by atoms with Gasteiger partial charge in [0.05, 0.1) is 0 Å². The van der Waals surface area contributed by atoms with Crippen molar-refractivity contribution in [1.82, 2.24) is 0 Å². The van der Waals surface area contributed by atoms with E-state index in [1.165, 1.54) is 28.3 Å². The number of rotatable bonds is 1. The molecule has 1 saturated carbocycles. The first-order valence-corrected chi connectivity index (χ1v) is 5.98. The minimum absolute atomic E-state index is 0.0437. The van der Waals surface area contributed by atoms with E-state index in [9.17, 15) is 0 Å². The molecule has 1 aliphatic rings. The zero-order valence-corrected chi connectivity index (χ0v) is 9.66. The summed E-state index contributed by atoms with van der Waals surface area (Å²) in [4.78, 5) is 0. The molecule has 82 valence electrons. The van der Waals surface area contributed by atoms with Crippen LogP contribution in [0, 0.1) is 6.92 Å². The molecule has 1 heteroatoms. The SMILES string of the molecule is Cc1cccc2cc(C3(N)CCC3)ccc12. The minimum Gasteiger partial charge on any atom is -0.321 e. The molecule has 0 aliphatic heterocycles. The third kappa shape index (κ3) is 1.35. The number of fused-ring (bicyclic) bond motifs is 1. The van der Waals surface area contributed by atoms with Gasteiger partial charge >= 0.3 is 0 Å². The molecule has 1 nitrogen and oxygen atoms in total. The van der Waals surface area contributed by atoms with Gasteiger partial charge in [0.1, 0.15) is 0 Å². The van der Waals surface area contributed by atoms with Crippen LogP contribution in [0.3, 0.4) is 0 Å². The molecule has 0 aromatic heterocycles. The van der Waals surface area contributed by atoms with Gasteiger partial charge in [-0.1, -0.05) is 30.3 Å². The summed E-state index contributed by atoms with van der Waals surface area (Å²) >= 11 is 0. The highest BCUT2D eigenvalue weighted by atomic mass is 14.8. The third-order valence-corrected chi connectivity index (χ3v) is 3.92. The predicted molar refractivity (Wildman–Crippen MR) is 68.4 cm³/mol. The molecular weight excluding hydrogens is 194 g/mol. The van der Waals surface area contributed by atoms with Crippen molar-refractivity contribution in [2.24, 2.45) is 5.73 Å². The largest absolute Gasteiger partial charge is 0.321 e. The van der Waals surface area contributed by atoms with Crippen LogP contribution in [-0.4, -0.2) is 0 Å². The molecule has 1 fully saturated rings. The number of hydrogen-bond acceptors (Lipinski definition) is 1. The van der Waals surface area contributed by atoms with Gasteiger partial charge in [-0.2, -0.15) is 0 Å². The first kappa shape index (κ1) is 9.86. The molecule has 0 heterocycles. The van der Waals surface area contributed by atoms with Crippen molar-refractivity contribution in [2.75, 3.05) is 0 Å². The molecule has 0 saturated heterocycles. The summed E-state index contributed by atoms with van der Waals surface area (Å²) in [6.07, 6.45) is 3.52. The molecule has 2 aromatic carbocycles. The van der Waals surface area contributed by atoms with Crippen LogP contribution in [-0.2, 0) is 5.54 Å². The fraction of sp³-hybridized carbons (Fsp3) is 0.333. The van der Waals surface area contributed by atoms with Crippen molar-refractivity contribution in [3.05, 3.63) is 47.5 Å². The van der Waals surface area contributed by atoms with Gasteiger partial charge < -0.3 is 5.73 Å². The molecule has 0 radical (unpaired) electrons. The highest BCUT2D eigenvalue weighted by molar-refractivity contribution is 5.86. The first-order valence-electron chi connectivity index (χ1n) is 5.98. The van der Waals surface area contributed by atoms with E-state index in [1.807, 2.05) is 0 Å². The van der Waals surface area contributed by atoms with Gasteiger partial charge in [-0.3, -0.25) is 0 Å². The molecule has 0 atom stereocenters. The molecule has 1 aliphatic carbocycles. The lowest BCUT2D eigenvalue weighted by molar-refractivity contribution is 0.254. The molecule has 2 aromatic rings. The average Bonchev–Trinajstić information content (AvgIpc) is 2.26. The number of nitrogens with two attached hydrogens (primary N) is 1. The van der Waals surface area contributed by atoms with Gasteiger partial charge in [-0.15, -0.1) is 0 Å². The number of aryl methyl sites for hydroxylation is 1. The van der Waals surface area contributed by atoms with Crippen molar-refractivity contribution in [1.29, 1.82) is 0 Å². The molecule has 16 heavy (non-hydrogen) atoms. The van der Waals surface area contributed by atoms with Crippen LogP contribution >= 0.6 is 0 Å². The van der Waals surface area contributed by atoms with Gasteiger partial charge in [-0.05, 0) is 54.2 Å². The number of benzene rings is 2. The van der Waals surface area contributed by atoms with Crippen molar-refractivity contribution in [2.45, 2.75) is 31.7 Å². The highest BCUT2D eigenvalue weighted by Gasteiger charge is 2.34. The van der Waals surface area contributed by atoms with Crippen molar-refractivity contribution >= 4 is 10.8 Å². The molecular formula is C15H17N. The van der Waals surface area contributed by atoms with Crippen molar-refractivity contribution in [3.63, 3.8) is 0 Å². The normalized spacial score (nSPS) is 18.4. The van der Waals surface area contributed by atoms with E-state index in [0.29, 0.717) is 0 Å². The lowest BCUT2D eigenvalue weighted by Gasteiger charge is -2.38. The van der Waals surface area contributed by atoms with Crippen LogP contribution in [0.4, 0.5) is 0 Å². The molecule has 0 unspecified atom stereocenters. The Labute approximate surface area is 96.3 Å². The van der Waals surface area contributed by atoms with Crippen LogP contribution < -0.4 is 5.73 Å². The first-order chi connectivity index (χ1) is 7.69. The molecule has 2 N–H and O–H groups in total. The lowest BCUT2D eigenvalue weighted by Crippen LogP contribution is -2.43. The van der Waals surface area contributed by atoms with E-state index in [0.717, 1.165) is 12.8 Å². The second-order valence-corrected chi connectivity index (χ2v) is 5.02. The van der Waals surface area contributed by atoms with Gasteiger partial charge in [-0.25, -0.2) is 0 Å². The van der Waals surface area contributed by atoms with Crippen molar-refractivity contribution < 1.29 is 0 Å². The summed E-state index contributed by atoms with van der Waals surface area (Å²) in [5.41, 5.74) is 8.95. The van der Waals surface area contributed by atoms with Gasteiger partial charge in [0.15, 0.2) is 0 Å². The summed E-state index contributed by atoms with van der Waals surface area (Å²) in [5.74, 6) is 0. The Hall–Kier alpha value is -1.34. The predicted octanol–water partition coefficient (Wildman–Crippen LogP) is 3.49. The standard InChI is InChI=1S/C15H17N/c1-11-4-2-5-12-10-13(6-7-14(11)12)15(16)8-3-9-15/h2,4-7,10H,3,8-9,16H2,1H3. The van der Waals surface area contributed by atoms with Gasteiger partial charge in [0.25, 0.3) is 0 Å². The second-order valence-electron chi connectivity index (χ2n) is 5.02. The van der Waals surface area contributed by atoms with Crippen LogP contribution in [0.25, 0.3) is 10.8 Å². The Kier molecular flexibility index (Phi) is 2.05. The van der Waals surface area contributed by atoms with E-state index < -0.39 is 0 Å². The second kappa shape index (κ2) is 3.33. The summed E-state index contributed by atoms with van der Waals surface area (Å²) in [5, 5.41) is 2.66. The van der Waals surface area contributed by atoms with Gasteiger partial charge in [0, 0.05) is 5.54 Å². The quantitative estimate of drug-likeness (QED) is 0.767. The zero-order chi connectivity index (χ0) is 11.2. The Morgan fingerprint density at radius 1 is 1.12 bits per heavy atom. The monoisotopic (exact) mass is 211 g/mol. The van der Waals surface area contributed by atoms with Crippen molar-refractivity contribution in [3.8, 4) is 0 Å². The summed E-state index contributed by atoms with van der Waals surface area (Å²) in [7, 11) is 0. The maximum Gasteiger partial charge on any atom is 0.0409 e. The summed E-state index contributed by atoms with van der Waals surface area (Å²) in [6, 6.07) is 13.1. The molecule has 0 bridgehead atoms. The van der Waals surface area contributed by atoms with E-state index in [-0.39, 0.29) is 5.54 Å². The van der Waals surface area contributed by atoms with Crippen LogP contribution in [0.1, 0.15) is 30.4 Å². The molecule has 0 spiro atoms. The Morgan fingerprint density at radius 2 is 1.94 bits per heavy atom. The third-order valence-electron chi connectivity index (χ3n) is 3.92. The Morgan fingerprint density at radius 3 is 2.62 bits per heavy atom. The topological polar surface area (TPSA) is 26.0 Å². The average molecular weight is 211 g/mol. The molecule has 0 amide bonds. The van der Waals surface area contributed by atoms with Crippen LogP contribution in [0.2, 0.25) is 0 Å². The van der Waals surface area contributed by atoms with E-state index >= 15 is 0 Å². The maximum absolute atomic E-state index is 6.35. The van der Waals surface area contributed by atoms with E-state index in [4.69, 9.17) is 5.73 Å². The summed E-state index contributed by atoms with van der Waals surface area (Å²) in [6.45, 7) is 2.16.